The topological polar surface area (TPSA) is 67.9 Å². The van der Waals surface area contributed by atoms with Crippen molar-refractivity contribution in [2.75, 3.05) is 18.5 Å². The highest BCUT2D eigenvalue weighted by atomic mass is 16.6. The Kier molecular flexibility index (Phi) is 4.55. The number of ether oxygens (including phenoxy) is 2. The number of nitrogens with zero attached hydrogens (tertiary/aromatic N) is 1. The van der Waals surface area contributed by atoms with Crippen LogP contribution in [0.2, 0.25) is 0 Å². The van der Waals surface area contributed by atoms with Gasteiger partial charge in [-0.1, -0.05) is 29.8 Å². The van der Waals surface area contributed by atoms with E-state index in [1.54, 1.807) is 12.1 Å². The highest BCUT2D eigenvalue weighted by molar-refractivity contribution is 6.36. The van der Waals surface area contributed by atoms with Gasteiger partial charge in [0.05, 0.1) is 5.57 Å². The minimum atomic E-state index is -0.328. The molecule has 0 fully saturated rings. The van der Waals surface area contributed by atoms with Crippen LogP contribution in [0.1, 0.15) is 25.0 Å². The molecular weight excluding hydrogens is 356 g/mol. The average molecular weight is 378 g/mol. The first-order valence-corrected chi connectivity index (χ1v) is 9.31. The lowest BCUT2D eigenvalue weighted by Gasteiger charge is -2.20. The molecular formula is C22H22N2O4. The van der Waals surface area contributed by atoms with Crippen molar-refractivity contribution in [3.05, 3.63) is 59.3 Å². The first-order valence-electron chi connectivity index (χ1n) is 9.31. The van der Waals surface area contributed by atoms with E-state index in [-0.39, 0.29) is 23.6 Å². The average Bonchev–Trinajstić information content (AvgIpc) is 2.92. The van der Waals surface area contributed by atoms with Crippen LogP contribution in [0.15, 0.2) is 48.2 Å². The van der Waals surface area contributed by atoms with Crippen molar-refractivity contribution in [3.63, 3.8) is 0 Å². The highest BCUT2D eigenvalue weighted by Crippen LogP contribution is 2.36. The third-order valence-electron chi connectivity index (χ3n) is 4.78. The largest absolute Gasteiger partial charge is 0.486 e. The summed E-state index contributed by atoms with van der Waals surface area (Å²) in [5.41, 5.74) is 3.12. The minimum Gasteiger partial charge on any atom is -0.486 e. The summed E-state index contributed by atoms with van der Waals surface area (Å²) in [6.45, 7) is 6.63. The lowest BCUT2D eigenvalue weighted by Crippen LogP contribution is -2.38. The lowest BCUT2D eigenvalue weighted by atomic mass is 10.0. The van der Waals surface area contributed by atoms with Gasteiger partial charge in [-0.05, 0) is 38.5 Å². The van der Waals surface area contributed by atoms with Crippen molar-refractivity contribution in [1.29, 1.82) is 0 Å². The van der Waals surface area contributed by atoms with E-state index in [1.165, 1.54) is 4.90 Å². The molecule has 0 unspecified atom stereocenters. The molecule has 144 valence electrons. The Morgan fingerprint density at radius 1 is 0.929 bits per heavy atom. The van der Waals surface area contributed by atoms with Gasteiger partial charge in [-0.25, -0.2) is 0 Å². The number of hydrogen-bond donors (Lipinski definition) is 1. The number of aryl methyl sites for hydroxylation is 1. The monoisotopic (exact) mass is 378 g/mol. The number of fused-ring (bicyclic) bond motifs is 1. The first kappa shape index (κ1) is 18.1. The molecule has 6 nitrogen and oxygen atoms in total. The van der Waals surface area contributed by atoms with Crippen LogP contribution in [0.5, 0.6) is 11.5 Å². The van der Waals surface area contributed by atoms with Gasteiger partial charge in [0.2, 0.25) is 0 Å². The quantitative estimate of drug-likeness (QED) is 0.827. The van der Waals surface area contributed by atoms with Gasteiger partial charge in [-0.15, -0.1) is 0 Å². The Balaban J connectivity index is 1.76. The fourth-order valence-corrected chi connectivity index (χ4v) is 3.39. The second kappa shape index (κ2) is 7.03. The number of imide groups is 1. The second-order valence-corrected chi connectivity index (χ2v) is 7.17. The zero-order valence-electron chi connectivity index (χ0n) is 16.1. The SMILES string of the molecule is Cc1ccc(C2=C(Nc3ccc4c(c3)OCCO4)C(=O)N(C(C)C)C2=O)cc1. The molecule has 28 heavy (non-hydrogen) atoms. The standard InChI is InChI=1S/C22H22N2O4/c1-13(2)24-21(25)19(15-6-4-14(3)5-7-15)20(22(24)26)23-16-8-9-17-18(12-16)28-11-10-27-17/h4-9,12-13,23H,10-11H2,1-3H3. The second-order valence-electron chi connectivity index (χ2n) is 7.17. The van der Waals surface area contributed by atoms with Gasteiger partial charge in [-0.2, -0.15) is 0 Å². The van der Waals surface area contributed by atoms with Crippen LogP contribution < -0.4 is 14.8 Å². The Labute approximate surface area is 163 Å². The maximum atomic E-state index is 13.0. The van der Waals surface area contributed by atoms with Crippen molar-refractivity contribution in [2.24, 2.45) is 0 Å². The van der Waals surface area contributed by atoms with Crippen molar-refractivity contribution >= 4 is 23.1 Å². The van der Waals surface area contributed by atoms with Gasteiger partial charge in [0.25, 0.3) is 11.8 Å². The third kappa shape index (κ3) is 3.11. The predicted molar refractivity (Wildman–Crippen MR) is 106 cm³/mol. The first-order chi connectivity index (χ1) is 13.5. The van der Waals surface area contributed by atoms with Crippen LogP contribution in [0, 0.1) is 6.92 Å². The van der Waals surface area contributed by atoms with Crippen molar-refractivity contribution in [1.82, 2.24) is 4.90 Å². The maximum Gasteiger partial charge on any atom is 0.278 e. The molecule has 0 bridgehead atoms. The van der Waals surface area contributed by atoms with Gasteiger partial charge in [0.1, 0.15) is 18.9 Å². The van der Waals surface area contributed by atoms with Crippen LogP contribution >= 0.6 is 0 Å². The number of hydrogen-bond acceptors (Lipinski definition) is 5. The molecule has 2 aliphatic rings. The Hall–Kier alpha value is -3.28. The van der Waals surface area contributed by atoms with Crippen LogP contribution in [0.4, 0.5) is 5.69 Å². The molecule has 2 aromatic rings. The number of amides is 2. The van der Waals surface area contributed by atoms with Gasteiger partial charge in [0.15, 0.2) is 11.5 Å². The van der Waals surface area contributed by atoms with E-state index in [9.17, 15) is 9.59 Å². The molecule has 4 rings (SSSR count). The van der Waals surface area contributed by atoms with Crippen LogP contribution in [0.25, 0.3) is 5.57 Å². The van der Waals surface area contributed by atoms with Crippen LogP contribution in [0.3, 0.4) is 0 Å². The molecule has 0 aliphatic carbocycles. The summed E-state index contributed by atoms with van der Waals surface area (Å²) in [6.07, 6.45) is 0. The number of carbonyl (C=O) groups excluding carboxylic acids is 2. The fraction of sp³-hybridized carbons (Fsp3) is 0.273. The number of anilines is 1. The molecule has 0 aromatic heterocycles. The number of benzene rings is 2. The Bertz CT molecular complexity index is 977. The van der Waals surface area contributed by atoms with E-state index in [2.05, 4.69) is 5.32 Å². The molecule has 2 heterocycles. The number of carbonyl (C=O) groups is 2. The molecule has 2 aliphatic heterocycles. The molecule has 6 heteroatoms. The smallest absolute Gasteiger partial charge is 0.278 e. The molecule has 0 saturated carbocycles. The molecule has 2 amide bonds. The zero-order valence-corrected chi connectivity index (χ0v) is 16.1. The summed E-state index contributed by atoms with van der Waals surface area (Å²) in [7, 11) is 0. The molecule has 1 N–H and O–H groups in total. The molecule has 0 saturated heterocycles. The van der Waals surface area contributed by atoms with Crippen LogP contribution in [-0.2, 0) is 9.59 Å². The molecule has 0 spiro atoms. The van der Waals surface area contributed by atoms with E-state index < -0.39 is 0 Å². The van der Waals surface area contributed by atoms with Gasteiger partial charge in [-0.3, -0.25) is 14.5 Å². The predicted octanol–water partition coefficient (Wildman–Crippen LogP) is 3.37. The minimum absolute atomic E-state index is 0.236. The number of rotatable bonds is 4. The Morgan fingerprint density at radius 3 is 2.29 bits per heavy atom. The van der Waals surface area contributed by atoms with E-state index in [0.717, 1.165) is 5.56 Å². The van der Waals surface area contributed by atoms with Crippen molar-refractivity contribution in [3.8, 4) is 11.5 Å². The molecule has 0 radical (unpaired) electrons. The summed E-state index contributed by atoms with van der Waals surface area (Å²) in [4.78, 5) is 27.4. The summed E-state index contributed by atoms with van der Waals surface area (Å²) in [5, 5.41) is 3.15. The molecule has 0 atom stereocenters. The van der Waals surface area contributed by atoms with Gasteiger partial charge < -0.3 is 14.8 Å². The van der Waals surface area contributed by atoms with Gasteiger partial charge in [0, 0.05) is 17.8 Å². The van der Waals surface area contributed by atoms with E-state index in [0.29, 0.717) is 41.5 Å². The maximum absolute atomic E-state index is 13.0. The number of nitrogens with one attached hydrogen (secondary N) is 1. The van der Waals surface area contributed by atoms with E-state index in [1.807, 2.05) is 51.1 Å². The summed E-state index contributed by atoms with van der Waals surface area (Å²) >= 11 is 0. The van der Waals surface area contributed by atoms with Gasteiger partial charge >= 0.3 is 0 Å². The third-order valence-corrected chi connectivity index (χ3v) is 4.78. The molecule has 2 aromatic carbocycles. The summed E-state index contributed by atoms with van der Waals surface area (Å²) in [6, 6.07) is 12.7. The Morgan fingerprint density at radius 2 is 1.61 bits per heavy atom. The zero-order chi connectivity index (χ0) is 19.8. The van der Waals surface area contributed by atoms with Crippen molar-refractivity contribution in [2.45, 2.75) is 26.8 Å². The fourth-order valence-electron chi connectivity index (χ4n) is 3.39. The lowest BCUT2D eigenvalue weighted by molar-refractivity contribution is -0.138. The van der Waals surface area contributed by atoms with Crippen LogP contribution in [-0.4, -0.2) is 36.0 Å². The van der Waals surface area contributed by atoms with E-state index in [4.69, 9.17) is 9.47 Å². The normalized spacial score (nSPS) is 16.2. The summed E-state index contributed by atoms with van der Waals surface area (Å²) < 4.78 is 11.2. The van der Waals surface area contributed by atoms with E-state index >= 15 is 0 Å². The van der Waals surface area contributed by atoms with Crippen molar-refractivity contribution < 1.29 is 19.1 Å². The summed E-state index contributed by atoms with van der Waals surface area (Å²) in [5.74, 6) is 0.669. The highest BCUT2D eigenvalue weighted by Gasteiger charge is 2.40.